The molecule has 3 nitrogen and oxygen atoms in total. The summed E-state index contributed by atoms with van der Waals surface area (Å²) in [6.45, 7) is 10.8. The van der Waals surface area contributed by atoms with Crippen molar-refractivity contribution in [1.29, 1.82) is 0 Å². The van der Waals surface area contributed by atoms with Gasteiger partial charge in [-0.2, -0.15) is 0 Å². The minimum Gasteiger partial charge on any atom is -0.320 e. The Kier molecular flexibility index (Phi) is 8.06. The Hall–Kier alpha value is -4.03. The predicted molar refractivity (Wildman–Crippen MR) is 139 cm³/mol. The summed E-state index contributed by atoms with van der Waals surface area (Å²) < 4.78 is 0. The van der Waals surface area contributed by atoms with E-state index in [1.165, 1.54) is 11.1 Å². The fraction of sp³-hybridized carbons (Fsp3) is 0.138. The van der Waals surface area contributed by atoms with Gasteiger partial charge in [-0.3, -0.25) is 0 Å². The van der Waals surface area contributed by atoms with Gasteiger partial charge in [-0.15, -0.1) is 5.10 Å². The first-order chi connectivity index (χ1) is 15.7. The molecule has 0 radical (unpaired) electrons. The lowest BCUT2D eigenvalue weighted by atomic mass is 10.0. The molecule has 1 aliphatic rings. The number of rotatable bonds is 7. The van der Waals surface area contributed by atoms with E-state index in [9.17, 15) is 0 Å². The zero-order valence-electron chi connectivity index (χ0n) is 18.6. The quantitative estimate of drug-likeness (QED) is 0.180. The van der Waals surface area contributed by atoms with E-state index in [1.807, 2.05) is 36.4 Å². The molecule has 3 heteroatoms. The van der Waals surface area contributed by atoms with Gasteiger partial charge in [0.05, 0.1) is 5.69 Å². The summed E-state index contributed by atoms with van der Waals surface area (Å²) in [5, 5.41) is 4.63. The van der Waals surface area contributed by atoms with Crippen LogP contribution < -0.4 is 10.3 Å². The van der Waals surface area contributed by atoms with Gasteiger partial charge >= 0.3 is 0 Å². The van der Waals surface area contributed by atoms with E-state index in [1.54, 1.807) is 0 Å². The van der Waals surface area contributed by atoms with Crippen molar-refractivity contribution in [1.82, 2.24) is 5.43 Å². The smallest absolute Gasteiger partial charge is 0.157 e. The molecule has 0 aromatic heterocycles. The van der Waals surface area contributed by atoms with Crippen LogP contribution in [0.5, 0.6) is 0 Å². The number of nitrogens with zero attached hydrogens (tertiary/aromatic N) is 2. The second-order valence-electron chi connectivity index (χ2n) is 7.50. The van der Waals surface area contributed by atoms with Crippen molar-refractivity contribution in [2.75, 3.05) is 4.90 Å². The molecule has 3 rings (SSSR count). The lowest BCUT2D eigenvalue weighted by Gasteiger charge is -2.30. The summed E-state index contributed by atoms with van der Waals surface area (Å²) >= 11 is 0. The average molecular weight is 420 g/mol. The van der Waals surface area contributed by atoms with Crippen molar-refractivity contribution in [3.63, 3.8) is 0 Å². The molecule has 0 unspecified atom stereocenters. The molecule has 0 fully saturated rings. The molecule has 0 aliphatic heterocycles. The Morgan fingerprint density at radius 1 is 1.16 bits per heavy atom. The van der Waals surface area contributed by atoms with E-state index >= 15 is 0 Å². The zero-order valence-corrected chi connectivity index (χ0v) is 18.6. The number of nitrogens with one attached hydrogen (secondary N) is 1. The Morgan fingerprint density at radius 3 is 2.75 bits per heavy atom. The monoisotopic (exact) mass is 419 g/mol. The van der Waals surface area contributed by atoms with Gasteiger partial charge in [-0.05, 0) is 42.5 Å². The number of benzene rings is 2. The van der Waals surface area contributed by atoms with Crippen molar-refractivity contribution in [2.24, 2.45) is 5.10 Å². The lowest BCUT2D eigenvalue weighted by Crippen LogP contribution is -2.34. The first kappa shape index (κ1) is 22.7. The predicted octanol–water partition coefficient (Wildman–Crippen LogP) is 6.61. The van der Waals surface area contributed by atoms with Crippen LogP contribution in [-0.4, -0.2) is 5.84 Å². The van der Waals surface area contributed by atoms with Crippen LogP contribution >= 0.6 is 0 Å². The van der Waals surface area contributed by atoms with E-state index in [2.05, 4.69) is 90.1 Å². The Labute approximate surface area is 191 Å². The molecule has 0 saturated heterocycles. The fourth-order valence-electron chi connectivity index (χ4n) is 3.78. The largest absolute Gasteiger partial charge is 0.320 e. The summed E-state index contributed by atoms with van der Waals surface area (Å²) in [6, 6.07) is 17.1. The van der Waals surface area contributed by atoms with E-state index < -0.39 is 0 Å². The SMILES string of the molecule is C#CN/N=C(/C1=C\C=C/C=C\CC1)N(Cc1cccc(C)c1)c1cccc(C=C)c1C=C. The lowest BCUT2D eigenvalue weighted by molar-refractivity contribution is 0.919. The van der Waals surface area contributed by atoms with Crippen molar-refractivity contribution in [2.45, 2.75) is 26.3 Å². The van der Waals surface area contributed by atoms with Crippen LogP contribution in [0.15, 0.2) is 96.7 Å². The van der Waals surface area contributed by atoms with Crippen LogP contribution in [0.3, 0.4) is 0 Å². The molecule has 0 atom stereocenters. The minimum absolute atomic E-state index is 0.630. The van der Waals surface area contributed by atoms with Crippen molar-refractivity contribution >= 4 is 23.7 Å². The Bertz CT molecular complexity index is 1140. The second-order valence-corrected chi connectivity index (χ2v) is 7.50. The Balaban J connectivity index is 2.20. The normalized spacial score (nSPS) is 17.0. The first-order valence-electron chi connectivity index (χ1n) is 10.7. The minimum atomic E-state index is 0.630. The summed E-state index contributed by atoms with van der Waals surface area (Å²) in [4.78, 5) is 2.20. The summed E-state index contributed by atoms with van der Waals surface area (Å²) in [5.41, 5.74) is 9.25. The maximum atomic E-state index is 5.51. The number of aryl methyl sites for hydroxylation is 1. The molecule has 2 aromatic rings. The van der Waals surface area contributed by atoms with Gasteiger partial charge in [0.1, 0.15) is 0 Å². The van der Waals surface area contributed by atoms with Gasteiger partial charge in [-0.1, -0.05) is 104 Å². The van der Waals surface area contributed by atoms with E-state index in [0.29, 0.717) is 6.54 Å². The van der Waals surface area contributed by atoms with Gasteiger partial charge in [0.25, 0.3) is 0 Å². The van der Waals surface area contributed by atoms with Crippen molar-refractivity contribution < 1.29 is 0 Å². The number of hydrogen-bond acceptors (Lipinski definition) is 2. The molecule has 2 aromatic carbocycles. The highest BCUT2D eigenvalue weighted by atomic mass is 15.3. The standard InChI is InChI=1S/C29H29N3/c1-5-25-19-14-20-28(27(25)6-2)32(22-24-16-13-15-23(4)21-24)29(31-30-7-3)26-17-11-9-8-10-12-18-26/h3,5-6,8-11,13-17,19-21,30H,1-2,12,18,22H2,4H3/b10-8-,11-9-,26-17-,31-29-. The van der Waals surface area contributed by atoms with Gasteiger partial charge in [0.2, 0.25) is 0 Å². The number of hydrazone groups is 1. The second kappa shape index (κ2) is 11.4. The first-order valence-corrected chi connectivity index (χ1v) is 10.7. The van der Waals surface area contributed by atoms with Crippen LogP contribution in [0.25, 0.3) is 12.2 Å². The summed E-state index contributed by atoms with van der Waals surface area (Å²) in [5.74, 6) is 0.786. The molecular formula is C29H29N3. The topological polar surface area (TPSA) is 27.6 Å². The highest BCUT2D eigenvalue weighted by Crippen LogP contribution is 2.30. The third-order valence-corrected chi connectivity index (χ3v) is 5.26. The third-order valence-electron chi connectivity index (χ3n) is 5.26. The van der Waals surface area contributed by atoms with Gasteiger partial charge < -0.3 is 4.90 Å². The molecule has 0 spiro atoms. The molecule has 0 saturated carbocycles. The van der Waals surface area contributed by atoms with Gasteiger partial charge in [0.15, 0.2) is 5.84 Å². The van der Waals surface area contributed by atoms with Crippen LogP contribution in [0.1, 0.15) is 35.1 Å². The third kappa shape index (κ3) is 5.56. The molecule has 0 heterocycles. The van der Waals surface area contributed by atoms with Crippen LogP contribution in [-0.2, 0) is 6.54 Å². The van der Waals surface area contributed by atoms with E-state index in [-0.39, 0.29) is 0 Å². The number of allylic oxidation sites excluding steroid dienone is 5. The Morgan fingerprint density at radius 2 is 2.00 bits per heavy atom. The number of anilines is 1. The highest BCUT2D eigenvalue weighted by molar-refractivity contribution is 6.10. The van der Waals surface area contributed by atoms with Gasteiger partial charge in [-0.25, -0.2) is 5.43 Å². The number of terminal acetylenes is 1. The number of hydrogen-bond donors (Lipinski definition) is 1. The zero-order chi connectivity index (χ0) is 22.8. The van der Waals surface area contributed by atoms with E-state index in [4.69, 9.17) is 6.42 Å². The highest BCUT2D eigenvalue weighted by Gasteiger charge is 2.21. The van der Waals surface area contributed by atoms with Crippen LogP contribution in [0.4, 0.5) is 5.69 Å². The molecule has 1 aliphatic carbocycles. The average Bonchev–Trinajstić information content (AvgIpc) is 2.78. The molecule has 160 valence electrons. The molecular weight excluding hydrogens is 390 g/mol. The molecule has 0 bridgehead atoms. The summed E-state index contributed by atoms with van der Waals surface area (Å²) in [6.07, 6.45) is 21.4. The molecule has 0 amide bonds. The van der Waals surface area contributed by atoms with Crippen LogP contribution in [0, 0.1) is 19.4 Å². The van der Waals surface area contributed by atoms with Gasteiger partial charge in [0, 0.05) is 18.2 Å². The molecule has 32 heavy (non-hydrogen) atoms. The molecule has 1 N–H and O–H groups in total. The van der Waals surface area contributed by atoms with E-state index in [0.717, 1.165) is 41.1 Å². The maximum absolute atomic E-state index is 5.51. The fourth-order valence-corrected chi connectivity index (χ4v) is 3.78. The maximum Gasteiger partial charge on any atom is 0.157 e. The van der Waals surface area contributed by atoms with Crippen LogP contribution in [0.2, 0.25) is 0 Å². The van der Waals surface area contributed by atoms with Crippen molar-refractivity contribution in [3.05, 3.63) is 114 Å². The number of amidine groups is 1. The van der Waals surface area contributed by atoms with Crippen molar-refractivity contribution in [3.8, 4) is 12.5 Å². The summed E-state index contributed by atoms with van der Waals surface area (Å²) in [7, 11) is 0.